The lowest BCUT2D eigenvalue weighted by atomic mass is 9.56. The summed E-state index contributed by atoms with van der Waals surface area (Å²) in [6.45, 7) is 8.63. The molecule has 0 radical (unpaired) electrons. The van der Waals surface area contributed by atoms with E-state index in [2.05, 4.69) is 10.0 Å². The molecule has 1 aromatic carbocycles. The van der Waals surface area contributed by atoms with Gasteiger partial charge in [-0.1, -0.05) is 31.1 Å². The van der Waals surface area contributed by atoms with E-state index in [0.29, 0.717) is 30.8 Å². The number of fused-ring (bicyclic) bond motifs is 3. The second-order valence-electron chi connectivity index (χ2n) is 10.3. The normalized spacial score (nSPS) is 34.8. The second kappa shape index (κ2) is 7.04. The van der Waals surface area contributed by atoms with Crippen molar-refractivity contribution in [3.63, 3.8) is 0 Å². The molecule has 0 saturated heterocycles. The number of nitrogens with zero attached hydrogens (tertiary/aromatic N) is 5. The van der Waals surface area contributed by atoms with Crippen molar-refractivity contribution in [2.45, 2.75) is 71.2 Å². The molecule has 8 heteroatoms. The summed E-state index contributed by atoms with van der Waals surface area (Å²) >= 11 is 0. The van der Waals surface area contributed by atoms with Crippen LogP contribution in [0.25, 0.3) is 10.4 Å². The molecule has 31 heavy (non-hydrogen) atoms. The third-order valence-corrected chi connectivity index (χ3v) is 7.34. The minimum atomic E-state index is -1.57. The standard InChI is InChI=1S/C23H30FN5O2/c1-13-9-22(10-14(2)19(13)30)11-16-6-7-17(27-28-25)8-18(16)23(22)20(31)29(15(3)26-23)12-21(4,5)24/h6-8,13-14,19,30H,9-12H2,1-5H3/t13-,14+,19?,22?,23-/m1/s1. The molecule has 2 unspecified atom stereocenters. The number of carbonyl (C=O) groups excluding carboxylic acids is 1. The van der Waals surface area contributed by atoms with Gasteiger partial charge in [0.25, 0.3) is 5.91 Å². The molecule has 1 heterocycles. The van der Waals surface area contributed by atoms with Gasteiger partial charge in [0.1, 0.15) is 11.5 Å². The smallest absolute Gasteiger partial charge is 0.261 e. The van der Waals surface area contributed by atoms with Crippen LogP contribution >= 0.6 is 0 Å². The molecule has 2 spiro atoms. The van der Waals surface area contributed by atoms with Crippen molar-refractivity contribution in [3.05, 3.63) is 39.8 Å². The minimum Gasteiger partial charge on any atom is -0.393 e. The Hall–Kier alpha value is -2.44. The maximum absolute atomic E-state index is 14.6. The van der Waals surface area contributed by atoms with Gasteiger partial charge in [-0.05, 0) is 74.6 Å². The molecule has 2 aliphatic carbocycles. The van der Waals surface area contributed by atoms with Crippen LogP contribution in [0.3, 0.4) is 0 Å². The van der Waals surface area contributed by atoms with Crippen molar-refractivity contribution in [2.24, 2.45) is 27.4 Å². The van der Waals surface area contributed by atoms with Crippen molar-refractivity contribution < 1.29 is 14.3 Å². The molecule has 166 valence electrons. The number of alkyl halides is 1. The first-order valence-electron chi connectivity index (χ1n) is 10.9. The third-order valence-electron chi connectivity index (χ3n) is 7.34. The van der Waals surface area contributed by atoms with Crippen molar-refractivity contribution >= 4 is 17.4 Å². The van der Waals surface area contributed by atoms with Gasteiger partial charge >= 0.3 is 0 Å². The number of aliphatic hydroxyl groups excluding tert-OH is 1. The predicted molar refractivity (Wildman–Crippen MR) is 117 cm³/mol. The summed E-state index contributed by atoms with van der Waals surface area (Å²) < 4.78 is 14.6. The third kappa shape index (κ3) is 3.15. The first-order valence-corrected chi connectivity index (χ1v) is 10.9. The highest BCUT2D eigenvalue weighted by Crippen LogP contribution is 2.63. The topological polar surface area (TPSA) is 102 Å². The highest BCUT2D eigenvalue weighted by Gasteiger charge is 2.67. The lowest BCUT2D eigenvalue weighted by Gasteiger charge is -2.49. The average molecular weight is 428 g/mol. The highest BCUT2D eigenvalue weighted by molar-refractivity contribution is 6.09. The molecule has 5 atom stereocenters. The monoisotopic (exact) mass is 427 g/mol. The van der Waals surface area contributed by atoms with E-state index in [1.54, 1.807) is 19.1 Å². The van der Waals surface area contributed by atoms with Crippen LogP contribution in [0.1, 0.15) is 58.6 Å². The lowest BCUT2D eigenvalue weighted by Crippen LogP contribution is -2.55. The van der Waals surface area contributed by atoms with Crippen molar-refractivity contribution in [3.8, 4) is 0 Å². The minimum absolute atomic E-state index is 0.00140. The fourth-order valence-electron chi connectivity index (χ4n) is 6.28. The molecule has 1 aliphatic heterocycles. The van der Waals surface area contributed by atoms with Gasteiger partial charge in [-0.3, -0.25) is 14.7 Å². The Kier molecular flexibility index (Phi) is 4.94. The number of aliphatic hydroxyl groups is 1. The Balaban J connectivity index is 1.93. The van der Waals surface area contributed by atoms with Crippen LogP contribution in [-0.4, -0.2) is 40.1 Å². The summed E-state index contributed by atoms with van der Waals surface area (Å²) in [5.74, 6) is 0.287. The lowest BCUT2D eigenvalue weighted by molar-refractivity contribution is -0.142. The largest absolute Gasteiger partial charge is 0.393 e. The zero-order valence-corrected chi connectivity index (χ0v) is 18.8. The number of halogens is 1. The number of aliphatic imine (C=N–C) groups is 1. The molecule has 0 aromatic heterocycles. The van der Waals surface area contributed by atoms with Gasteiger partial charge in [-0.15, -0.1) is 0 Å². The van der Waals surface area contributed by atoms with Gasteiger partial charge in [0, 0.05) is 16.0 Å². The van der Waals surface area contributed by atoms with Gasteiger partial charge in [-0.2, -0.15) is 0 Å². The van der Waals surface area contributed by atoms with Crippen molar-refractivity contribution in [1.82, 2.24) is 4.90 Å². The molecule has 7 nitrogen and oxygen atoms in total. The summed E-state index contributed by atoms with van der Waals surface area (Å²) in [4.78, 5) is 23.4. The van der Waals surface area contributed by atoms with Crippen LogP contribution in [0.5, 0.6) is 0 Å². The summed E-state index contributed by atoms with van der Waals surface area (Å²) in [7, 11) is 0. The zero-order chi connectivity index (χ0) is 22.8. The number of rotatable bonds is 3. The van der Waals surface area contributed by atoms with Crippen molar-refractivity contribution in [2.75, 3.05) is 6.54 Å². The second-order valence-corrected chi connectivity index (χ2v) is 10.3. The van der Waals surface area contributed by atoms with E-state index < -0.39 is 22.7 Å². The molecule has 1 aromatic rings. The average Bonchev–Trinajstić information content (AvgIpc) is 3.06. The fraction of sp³-hybridized carbons (Fsp3) is 0.652. The van der Waals surface area contributed by atoms with E-state index in [9.17, 15) is 14.3 Å². The van der Waals surface area contributed by atoms with Crippen LogP contribution in [0, 0.1) is 17.3 Å². The maximum atomic E-state index is 14.6. The first-order chi connectivity index (χ1) is 14.4. The van der Waals surface area contributed by atoms with E-state index in [4.69, 9.17) is 10.5 Å². The molecular formula is C23H30FN5O2. The van der Waals surface area contributed by atoms with Crippen LogP contribution in [-0.2, 0) is 16.8 Å². The van der Waals surface area contributed by atoms with Gasteiger partial charge in [0.15, 0.2) is 5.54 Å². The Morgan fingerprint density at radius 3 is 2.58 bits per heavy atom. The molecule has 3 aliphatic rings. The van der Waals surface area contributed by atoms with Crippen LogP contribution in [0.2, 0.25) is 0 Å². The molecule has 1 amide bonds. The van der Waals surface area contributed by atoms with E-state index in [0.717, 1.165) is 11.1 Å². The van der Waals surface area contributed by atoms with Crippen molar-refractivity contribution in [1.29, 1.82) is 0 Å². The summed E-state index contributed by atoms with van der Waals surface area (Å²) in [6, 6.07) is 5.44. The molecule has 1 N–H and O–H groups in total. The van der Waals surface area contributed by atoms with Gasteiger partial charge in [0.05, 0.1) is 12.6 Å². The number of carbonyl (C=O) groups is 1. The number of hydrogen-bond acceptors (Lipinski definition) is 4. The highest BCUT2D eigenvalue weighted by atomic mass is 19.1. The van der Waals surface area contributed by atoms with Crippen LogP contribution in [0.4, 0.5) is 10.1 Å². The van der Waals surface area contributed by atoms with E-state index >= 15 is 0 Å². The van der Waals surface area contributed by atoms with E-state index in [-0.39, 0.29) is 24.3 Å². The first kappa shape index (κ1) is 21.8. The van der Waals surface area contributed by atoms with Gasteiger partial charge in [-0.25, -0.2) is 4.39 Å². The fourth-order valence-corrected chi connectivity index (χ4v) is 6.28. The Bertz CT molecular complexity index is 998. The Labute approximate surface area is 182 Å². The summed E-state index contributed by atoms with van der Waals surface area (Å²) in [5, 5.41) is 14.4. The number of azide groups is 1. The predicted octanol–water partition coefficient (Wildman–Crippen LogP) is 4.80. The number of benzene rings is 1. The quantitative estimate of drug-likeness (QED) is 0.425. The summed E-state index contributed by atoms with van der Waals surface area (Å²) in [5.41, 5.74) is 7.81. The van der Waals surface area contributed by atoms with Gasteiger partial charge < -0.3 is 5.11 Å². The van der Waals surface area contributed by atoms with Gasteiger partial charge in [0.2, 0.25) is 0 Å². The SMILES string of the molecule is CC1=N[C@@]2(C(=O)N1CC(C)(C)F)c1cc(N=[N+]=[N-])ccc1CC21C[C@@H](C)C(O)[C@@H](C)C1. The zero-order valence-electron chi connectivity index (χ0n) is 18.8. The Morgan fingerprint density at radius 2 is 2.00 bits per heavy atom. The maximum Gasteiger partial charge on any atom is 0.261 e. The molecule has 0 bridgehead atoms. The van der Waals surface area contributed by atoms with Crippen LogP contribution in [0.15, 0.2) is 28.3 Å². The summed E-state index contributed by atoms with van der Waals surface area (Å²) in [6.07, 6.45) is 1.49. The molecule has 1 saturated carbocycles. The molecular weight excluding hydrogens is 397 g/mol. The number of hydrogen-bond donors (Lipinski definition) is 1. The number of amides is 1. The van der Waals surface area contributed by atoms with E-state index in [1.165, 1.54) is 18.7 Å². The Morgan fingerprint density at radius 1 is 1.35 bits per heavy atom. The molecule has 1 fully saturated rings. The van der Waals surface area contributed by atoms with E-state index in [1.807, 2.05) is 19.9 Å². The van der Waals surface area contributed by atoms with Crippen LogP contribution < -0.4 is 0 Å². The molecule has 4 rings (SSSR count). The number of amidine groups is 1.